The van der Waals surface area contributed by atoms with Gasteiger partial charge in [-0.3, -0.25) is 14.4 Å². The van der Waals surface area contributed by atoms with E-state index in [1.54, 1.807) is 24.3 Å². The van der Waals surface area contributed by atoms with Gasteiger partial charge in [0.05, 0.1) is 13.5 Å². The number of hydrogen-bond donors (Lipinski definition) is 1. The van der Waals surface area contributed by atoms with E-state index in [4.69, 9.17) is 8.92 Å². The molecular formula is C34H39NO8S. The number of methoxy groups -OCH3 is 1. The van der Waals surface area contributed by atoms with Gasteiger partial charge in [0, 0.05) is 47.8 Å². The summed E-state index contributed by atoms with van der Waals surface area (Å²) in [5, 5.41) is 9.56. The Morgan fingerprint density at radius 1 is 0.886 bits per heavy atom. The average molecular weight is 622 g/mol. The van der Waals surface area contributed by atoms with E-state index in [0.29, 0.717) is 29.6 Å². The molecule has 9 nitrogen and oxygen atoms in total. The third-order valence-electron chi connectivity index (χ3n) is 8.60. The fourth-order valence-corrected chi connectivity index (χ4v) is 7.60. The number of carboxylic acids is 1. The number of ketones is 2. The molecule has 0 atom stereocenters. The Bertz CT molecular complexity index is 1660. The van der Waals surface area contributed by atoms with E-state index in [0.717, 1.165) is 17.0 Å². The van der Waals surface area contributed by atoms with E-state index in [-0.39, 0.29) is 64.6 Å². The largest absolute Gasteiger partial charge is 0.493 e. The summed E-state index contributed by atoms with van der Waals surface area (Å²) in [5.74, 6) is -1.72. The van der Waals surface area contributed by atoms with Gasteiger partial charge in [-0.2, -0.15) is 8.42 Å². The smallest absolute Gasteiger partial charge is 0.339 e. The van der Waals surface area contributed by atoms with Gasteiger partial charge < -0.3 is 18.9 Å². The monoisotopic (exact) mass is 621 g/mol. The molecule has 0 saturated carbocycles. The van der Waals surface area contributed by atoms with Crippen LogP contribution in [0.1, 0.15) is 76.8 Å². The maximum Gasteiger partial charge on any atom is 0.339 e. The van der Waals surface area contributed by atoms with Crippen LogP contribution in [0.15, 0.2) is 69.9 Å². The predicted octanol–water partition coefficient (Wildman–Crippen LogP) is 5.93. The van der Waals surface area contributed by atoms with Gasteiger partial charge >= 0.3 is 16.1 Å². The third-order valence-corrected chi connectivity index (χ3v) is 9.85. The number of carbonyl (C=O) groups is 3. The van der Waals surface area contributed by atoms with E-state index in [9.17, 15) is 27.9 Å². The second kappa shape index (κ2) is 11.2. The molecule has 2 aliphatic carbocycles. The van der Waals surface area contributed by atoms with Crippen molar-refractivity contribution in [1.29, 1.82) is 0 Å². The molecule has 0 spiro atoms. The first-order chi connectivity index (χ1) is 20.5. The molecule has 44 heavy (non-hydrogen) atoms. The highest BCUT2D eigenvalue weighted by atomic mass is 32.2. The molecule has 0 unspecified atom stereocenters. The van der Waals surface area contributed by atoms with Gasteiger partial charge in [-0.25, -0.2) is 0 Å². The minimum Gasteiger partial charge on any atom is -0.493 e. The van der Waals surface area contributed by atoms with Gasteiger partial charge in [0.2, 0.25) is 0 Å². The molecule has 0 aromatic heterocycles. The van der Waals surface area contributed by atoms with Crippen molar-refractivity contribution in [3.63, 3.8) is 0 Å². The molecule has 0 amide bonds. The minimum absolute atomic E-state index is 0.00149. The minimum atomic E-state index is -4.16. The summed E-state index contributed by atoms with van der Waals surface area (Å²) in [4.78, 5) is 41.5. The van der Waals surface area contributed by atoms with Gasteiger partial charge in [0.1, 0.15) is 4.90 Å². The maximum atomic E-state index is 13.9. The highest BCUT2D eigenvalue weighted by Crippen LogP contribution is 2.55. The number of nitrogens with zero attached hydrogens (tertiary/aromatic N) is 1. The lowest BCUT2D eigenvalue weighted by Gasteiger charge is -2.49. The van der Waals surface area contributed by atoms with Crippen molar-refractivity contribution in [3.05, 3.63) is 76.1 Å². The molecule has 1 aliphatic heterocycles. The van der Waals surface area contributed by atoms with E-state index in [1.807, 2.05) is 39.5 Å². The normalized spacial score (nSPS) is 19.9. The van der Waals surface area contributed by atoms with Crippen LogP contribution >= 0.6 is 0 Å². The molecule has 0 saturated heterocycles. The van der Waals surface area contributed by atoms with Crippen molar-refractivity contribution in [3.8, 4) is 11.5 Å². The lowest BCUT2D eigenvalue weighted by Crippen LogP contribution is -2.45. The van der Waals surface area contributed by atoms with Crippen LogP contribution in [-0.2, 0) is 24.5 Å². The number of allylic oxidation sites excluding steroid dienone is 4. The van der Waals surface area contributed by atoms with Crippen LogP contribution in [-0.4, -0.2) is 49.6 Å². The molecule has 0 bridgehead atoms. The number of aryl methyl sites for hydroxylation is 1. The van der Waals surface area contributed by atoms with Crippen molar-refractivity contribution < 1.29 is 36.8 Å². The Morgan fingerprint density at radius 2 is 1.43 bits per heavy atom. The fraction of sp³-hybridized carbons (Fsp3) is 0.441. The van der Waals surface area contributed by atoms with Crippen LogP contribution in [0.5, 0.6) is 11.5 Å². The second-order valence-electron chi connectivity index (χ2n) is 13.6. The Morgan fingerprint density at radius 3 is 1.93 bits per heavy atom. The average Bonchev–Trinajstić information content (AvgIpc) is 2.90. The first-order valence-corrected chi connectivity index (χ1v) is 16.1. The molecule has 10 heteroatoms. The lowest BCUT2D eigenvalue weighted by atomic mass is 9.63. The van der Waals surface area contributed by atoms with Crippen LogP contribution in [0.25, 0.3) is 0 Å². The van der Waals surface area contributed by atoms with Crippen molar-refractivity contribution in [2.45, 2.75) is 77.5 Å². The molecular weight excluding hydrogens is 582 g/mol. The van der Waals surface area contributed by atoms with Crippen LogP contribution in [0.3, 0.4) is 0 Å². The van der Waals surface area contributed by atoms with Gasteiger partial charge in [0.25, 0.3) is 0 Å². The molecule has 2 aromatic carbocycles. The summed E-state index contributed by atoms with van der Waals surface area (Å²) in [7, 11) is -2.76. The highest BCUT2D eigenvalue weighted by Gasteiger charge is 2.49. The Balaban J connectivity index is 1.66. The maximum absolute atomic E-state index is 13.9. The zero-order valence-corrected chi connectivity index (χ0v) is 26.8. The van der Waals surface area contributed by atoms with Gasteiger partial charge in [-0.05, 0) is 60.4 Å². The van der Waals surface area contributed by atoms with Crippen molar-refractivity contribution in [2.75, 3.05) is 13.7 Å². The number of rotatable bonds is 8. The Hall–Kier alpha value is -3.92. The van der Waals surface area contributed by atoms with Gasteiger partial charge in [-0.1, -0.05) is 51.5 Å². The Kier molecular flexibility index (Phi) is 8.03. The van der Waals surface area contributed by atoms with Crippen molar-refractivity contribution >= 4 is 27.7 Å². The lowest BCUT2D eigenvalue weighted by molar-refractivity contribution is -0.137. The van der Waals surface area contributed by atoms with E-state index >= 15 is 0 Å². The molecule has 0 fully saturated rings. The van der Waals surface area contributed by atoms with E-state index < -0.39 is 22.0 Å². The number of aliphatic carboxylic acids is 1. The van der Waals surface area contributed by atoms with Crippen LogP contribution in [0, 0.1) is 17.8 Å². The predicted molar refractivity (Wildman–Crippen MR) is 164 cm³/mol. The van der Waals surface area contributed by atoms with E-state index in [1.165, 1.54) is 25.3 Å². The van der Waals surface area contributed by atoms with Gasteiger partial charge in [-0.15, -0.1) is 0 Å². The van der Waals surface area contributed by atoms with Crippen molar-refractivity contribution in [2.24, 2.45) is 10.8 Å². The molecule has 1 N–H and O–H groups in total. The number of benzene rings is 2. The summed E-state index contributed by atoms with van der Waals surface area (Å²) in [6.07, 6.45) is 1.51. The molecule has 0 radical (unpaired) electrons. The number of carbonyl (C=O) groups excluding carboxylic acids is 2. The first-order valence-electron chi connectivity index (χ1n) is 14.7. The summed E-state index contributed by atoms with van der Waals surface area (Å²) >= 11 is 0. The summed E-state index contributed by atoms with van der Waals surface area (Å²) in [6.45, 7) is 10.1. The van der Waals surface area contributed by atoms with Gasteiger partial charge in [0.15, 0.2) is 23.1 Å². The highest BCUT2D eigenvalue weighted by molar-refractivity contribution is 7.87. The molecule has 1 heterocycles. The third kappa shape index (κ3) is 6.04. The number of hydrogen-bond acceptors (Lipinski definition) is 8. The molecule has 5 rings (SSSR count). The first kappa shape index (κ1) is 31.5. The summed E-state index contributed by atoms with van der Waals surface area (Å²) < 4.78 is 37.2. The van der Waals surface area contributed by atoms with Crippen LogP contribution in [0.2, 0.25) is 0 Å². The summed E-state index contributed by atoms with van der Waals surface area (Å²) in [5.41, 5.74) is 3.28. The Labute approximate surface area is 258 Å². The molecule has 3 aliphatic rings. The van der Waals surface area contributed by atoms with E-state index in [2.05, 4.69) is 0 Å². The second-order valence-corrected chi connectivity index (χ2v) is 15.1. The quantitative estimate of drug-likeness (QED) is 0.357. The number of ether oxygens (including phenoxy) is 1. The number of carboxylic acid groups (broad SMARTS) is 1. The molecule has 2 aromatic rings. The zero-order chi connectivity index (χ0) is 32.2. The van der Waals surface area contributed by atoms with Crippen molar-refractivity contribution in [1.82, 2.24) is 4.90 Å². The summed E-state index contributed by atoms with van der Waals surface area (Å²) in [6, 6.07) is 11.1. The zero-order valence-electron chi connectivity index (χ0n) is 26.0. The van der Waals surface area contributed by atoms with Crippen LogP contribution < -0.4 is 8.92 Å². The molecule has 234 valence electrons. The SMILES string of the molecule is COc1cc(C2C3=C(CC(C)(C)CC3=O)N(CCC(=O)O)C3=C2C(=O)CC(C)(C)C3)ccc1OS(=O)(=O)c1ccc(C)cc1. The van der Waals surface area contributed by atoms with Crippen LogP contribution in [0.4, 0.5) is 0 Å². The standard InChI is InChI=1S/C34H39NO8S/c1-20-7-10-22(11-8-20)44(40,41)43-27-12-9-21(15-28(27)42-6)30-31-23(16-33(2,3)18-25(31)36)35(14-13-29(38)39)24-17-34(4,5)19-26(37)32(24)30/h7-12,15,30H,13-14,16-19H2,1-6H3,(H,38,39). The number of Topliss-reactive ketones (excluding diaryl/α,β-unsaturated/α-hetero) is 2. The fourth-order valence-electron chi connectivity index (χ4n) is 6.66. The topological polar surface area (TPSA) is 127 Å².